The Hall–Kier alpha value is -2.08. The fraction of sp³-hybridized carbons (Fsp3) is 0.579. The first-order valence-electron chi connectivity index (χ1n) is 8.71. The molecule has 0 bridgehead atoms. The van der Waals surface area contributed by atoms with Crippen molar-refractivity contribution in [2.45, 2.75) is 45.6 Å². The third kappa shape index (κ3) is 4.12. The molecule has 0 heterocycles. The van der Waals surface area contributed by atoms with E-state index < -0.39 is 23.0 Å². The highest BCUT2D eigenvalue weighted by atomic mass is 16.3. The van der Waals surface area contributed by atoms with E-state index >= 15 is 0 Å². The quantitative estimate of drug-likeness (QED) is 0.482. The summed E-state index contributed by atoms with van der Waals surface area (Å²) in [5.74, 6) is -1.37. The molecule has 1 amide bonds. The van der Waals surface area contributed by atoms with E-state index in [9.17, 15) is 24.9 Å². The molecular weight excluding hydrogens is 322 g/mol. The van der Waals surface area contributed by atoms with E-state index in [1.807, 2.05) is 20.8 Å². The molecule has 2 rings (SSSR count). The molecule has 25 heavy (non-hydrogen) atoms. The van der Waals surface area contributed by atoms with Crippen molar-refractivity contribution >= 4 is 11.7 Å². The minimum atomic E-state index is -1.47. The highest BCUT2D eigenvalue weighted by Gasteiger charge is 2.48. The van der Waals surface area contributed by atoms with Crippen LogP contribution < -0.4 is 5.32 Å². The monoisotopic (exact) mass is 349 g/mol. The number of aromatic hydroxyl groups is 2. The zero-order valence-corrected chi connectivity index (χ0v) is 15.0. The Labute approximate surface area is 147 Å². The second kappa shape index (κ2) is 7.44. The van der Waals surface area contributed by atoms with Gasteiger partial charge in [-0.3, -0.25) is 9.59 Å². The first kappa shape index (κ1) is 19.2. The lowest BCUT2D eigenvalue weighted by Crippen LogP contribution is -2.56. The number of carbonyl (C=O) groups excluding carboxylic acids is 2. The number of Topliss-reactive ketones (excluding diaryl/α,β-unsaturated/α-hetero) is 1. The van der Waals surface area contributed by atoms with Gasteiger partial charge in [0.15, 0.2) is 17.3 Å². The third-order valence-electron chi connectivity index (χ3n) is 5.15. The van der Waals surface area contributed by atoms with Gasteiger partial charge in [-0.15, -0.1) is 0 Å². The van der Waals surface area contributed by atoms with Gasteiger partial charge >= 0.3 is 0 Å². The minimum Gasteiger partial charge on any atom is -0.504 e. The van der Waals surface area contributed by atoms with E-state index in [-0.39, 0.29) is 35.6 Å². The standard InChI is InChI=1S/C19H27NO5/c1-11(2)14-6-4-12(3)9-19(14,25)18(24)20-10-17(23)13-5-7-15(21)16(22)8-13/h5,7-8,11-12,14,21-22,25H,4,6,9-10H2,1-3H3,(H,20,24)/t12?,14?,19-/m1/s1. The number of carbonyl (C=O) groups is 2. The molecule has 0 saturated heterocycles. The van der Waals surface area contributed by atoms with Crippen LogP contribution >= 0.6 is 0 Å². The lowest BCUT2D eigenvalue weighted by atomic mass is 9.66. The van der Waals surface area contributed by atoms with Crippen molar-refractivity contribution in [3.8, 4) is 11.5 Å². The Morgan fingerprint density at radius 1 is 1.24 bits per heavy atom. The van der Waals surface area contributed by atoms with Crippen LogP contribution in [0.4, 0.5) is 0 Å². The molecular formula is C19H27NO5. The number of hydrogen-bond donors (Lipinski definition) is 4. The molecule has 6 nitrogen and oxygen atoms in total. The normalized spacial score (nSPS) is 26.4. The Kier molecular flexibility index (Phi) is 5.72. The van der Waals surface area contributed by atoms with Gasteiger partial charge in [-0.2, -0.15) is 0 Å². The number of benzene rings is 1. The van der Waals surface area contributed by atoms with Gasteiger partial charge in [0.05, 0.1) is 6.54 Å². The summed E-state index contributed by atoms with van der Waals surface area (Å²) in [5, 5.41) is 32.3. The lowest BCUT2D eigenvalue weighted by molar-refractivity contribution is -0.155. The Bertz CT molecular complexity index is 657. The first-order chi connectivity index (χ1) is 11.6. The summed E-state index contributed by atoms with van der Waals surface area (Å²) in [6, 6.07) is 3.74. The average molecular weight is 349 g/mol. The Balaban J connectivity index is 2.06. The van der Waals surface area contributed by atoms with Crippen LogP contribution in [0.1, 0.15) is 50.4 Å². The Morgan fingerprint density at radius 3 is 2.52 bits per heavy atom. The SMILES string of the molecule is CC1CCC(C(C)C)[C@@](O)(C(=O)NCC(=O)c2ccc(O)c(O)c2)C1. The summed E-state index contributed by atoms with van der Waals surface area (Å²) >= 11 is 0. The third-order valence-corrected chi connectivity index (χ3v) is 5.15. The summed E-state index contributed by atoms with van der Waals surface area (Å²) in [6.45, 7) is 5.72. The molecule has 0 radical (unpaired) electrons. The molecule has 1 fully saturated rings. The van der Waals surface area contributed by atoms with Gasteiger partial charge in [-0.25, -0.2) is 0 Å². The number of phenols is 2. The van der Waals surface area contributed by atoms with Crippen LogP contribution in [-0.4, -0.2) is 39.2 Å². The van der Waals surface area contributed by atoms with Crippen LogP contribution in [0.3, 0.4) is 0 Å². The maximum atomic E-state index is 12.6. The molecule has 3 atom stereocenters. The van der Waals surface area contributed by atoms with Crippen molar-refractivity contribution in [2.75, 3.05) is 6.54 Å². The summed E-state index contributed by atoms with van der Waals surface area (Å²) in [7, 11) is 0. The van der Waals surface area contributed by atoms with Gasteiger partial charge in [-0.1, -0.05) is 27.2 Å². The highest BCUT2D eigenvalue weighted by molar-refractivity contribution is 6.00. The predicted molar refractivity (Wildman–Crippen MR) is 93.4 cm³/mol. The molecule has 2 unspecified atom stereocenters. The molecule has 0 aromatic heterocycles. The molecule has 1 aromatic rings. The fourth-order valence-electron chi connectivity index (χ4n) is 3.75. The summed E-state index contributed by atoms with van der Waals surface area (Å²) in [6.07, 6.45) is 2.14. The number of rotatable bonds is 5. The van der Waals surface area contributed by atoms with Gasteiger partial charge in [0.2, 0.25) is 0 Å². The van der Waals surface area contributed by atoms with Crippen molar-refractivity contribution in [1.82, 2.24) is 5.32 Å². The van der Waals surface area contributed by atoms with E-state index in [2.05, 4.69) is 5.32 Å². The van der Waals surface area contributed by atoms with Crippen molar-refractivity contribution in [1.29, 1.82) is 0 Å². The van der Waals surface area contributed by atoms with Crippen LogP contribution in [-0.2, 0) is 4.79 Å². The van der Waals surface area contributed by atoms with Crippen LogP contribution in [0.25, 0.3) is 0 Å². The fourth-order valence-corrected chi connectivity index (χ4v) is 3.75. The number of nitrogens with one attached hydrogen (secondary N) is 1. The average Bonchev–Trinajstić information content (AvgIpc) is 2.54. The van der Waals surface area contributed by atoms with Gasteiger partial charge in [0.1, 0.15) is 5.60 Å². The van der Waals surface area contributed by atoms with Gasteiger partial charge in [0.25, 0.3) is 5.91 Å². The van der Waals surface area contributed by atoms with E-state index in [0.717, 1.165) is 18.9 Å². The number of amides is 1. The minimum absolute atomic E-state index is 0.142. The number of ketones is 1. The number of hydrogen-bond acceptors (Lipinski definition) is 5. The smallest absolute Gasteiger partial charge is 0.252 e. The molecule has 4 N–H and O–H groups in total. The van der Waals surface area contributed by atoms with Gasteiger partial charge in [-0.05, 0) is 48.8 Å². The summed E-state index contributed by atoms with van der Waals surface area (Å²) < 4.78 is 0. The van der Waals surface area contributed by atoms with Crippen molar-refractivity contribution < 1.29 is 24.9 Å². The molecule has 1 aliphatic carbocycles. The van der Waals surface area contributed by atoms with Crippen LogP contribution in [0.2, 0.25) is 0 Å². The van der Waals surface area contributed by atoms with E-state index in [4.69, 9.17) is 0 Å². The maximum absolute atomic E-state index is 12.6. The topological polar surface area (TPSA) is 107 Å². The zero-order valence-electron chi connectivity index (χ0n) is 15.0. The molecule has 0 aliphatic heterocycles. The van der Waals surface area contributed by atoms with E-state index in [1.54, 1.807) is 0 Å². The van der Waals surface area contributed by atoms with Crippen LogP contribution in [0, 0.1) is 17.8 Å². The Morgan fingerprint density at radius 2 is 1.92 bits per heavy atom. The van der Waals surface area contributed by atoms with Crippen molar-refractivity contribution in [3.63, 3.8) is 0 Å². The van der Waals surface area contributed by atoms with E-state index in [1.165, 1.54) is 12.1 Å². The number of aliphatic hydroxyl groups is 1. The maximum Gasteiger partial charge on any atom is 0.252 e. The van der Waals surface area contributed by atoms with Gasteiger partial charge in [0, 0.05) is 5.56 Å². The molecule has 6 heteroatoms. The molecule has 138 valence electrons. The zero-order chi connectivity index (χ0) is 18.8. The first-order valence-corrected chi connectivity index (χ1v) is 8.71. The second-order valence-corrected chi connectivity index (χ2v) is 7.47. The van der Waals surface area contributed by atoms with Crippen LogP contribution in [0.15, 0.2) is 18.2 Å². The summed E-state index contributed by atoms with van der Waals surface area (Å²) in [5.41, 5.74) is -1.29. The highest BCUT2D eigenvalue weighted by Crippen LogP contribution is 2.41. The molecule has 1 saturated carbocycles. The van der Waals surface area contributed by atoms with E-state index in [0.29, 0.717) is 6.42 Å². The molecule has 0 spiro atoms. The second-order valence-electron chi connectivity index (χ2n) is 7.47. The predicted octanol–water partition coefficient (Wildman–Crippen LogP) is 2.22. The van der Waals surface area contributed by atoms with Crippen molar-refractivity contribution in [3.05, 3.63) is 23.8 Å². The molecule has 1 aliphatic rings. The largest absolute Gasteiger partial charge is 0.504 e. The van der Waals surface area contributed by atoms with Gasteiger partial charge < -0.3 is 20.6 Å². The van der Waals surface area contributed by atoms with Crippen molar-refractivity contribution in [2.24, 2.45) is 17.8 Å². The summed E-state index contributed by atoms with van der Waals surface area (Å²) in [4.78, 5) is 24.8. The van der Waals surface area contributed by atoms with Crippen LogP contribution in [0.5, 0.6) is 11.5 Å². The lowest BCUT2D eigenvalue weighted by Gasteiger charge is -2.43. The number of phenolic OH excluding ortho intramolecular Hbond substituents is 2. The molecule has 1 aromatic carbocycles.